The number of allylic oxidation sites excluding steroid dienone is 1. The third kappa shape index (κ3) is 11.3. The number of ether oxygens (including phenoxy) is 1. The van der Waals surface area contributed by atoms with E-state index in [4.69, 9.17) is 9.16 Å². The summed E-state index contributed by atoms with van der Waals surface area (Å²) in [5.74, 6) is 6.10. The third-order valence-corrected chi connectivity index (χ3v) is 10.7. The number of aliphatic hydroxyl groups excluding tert-OH is 1. The molecule has 0 aliphatic heterocycles. The van der Waals surface area contributed by atoms with Crippen molar-refractivity contribution in [1.29, 1.82) is 0 Å². The van der Waals surface area contributed by atoms with Gasteiger partial charge in [0, 0.05) is 18.9 Å². The molecule has 1 aromatic carbocycles. The second kappa shape index (κ2) is 14.5. The maximum absolute atomic E-state index is 10.4. The van der Waals surface area contributed by atoms with Gasteiger partial charge in [-0.3, -0.25) is 0 Å². The summed E-state index contributed by atoms with van der Waals surface area (Å²) in [6, 6.07) is 10.2. The molecule has 0 heterocycles. The van der Waals surface area contributed by atoms with Crippen molar-refractivity contribution in [3.05, 3.63) is 60.2 Å². The summed E-state index contributed by atoms with van der Waals surface area (Å²) in [6.45, 7) is 19.2. The Labute approximate surface area is 198 Å². The lowest BCUT2D eigenvalue weighted by molar-refractivity contribution is 0.148. The number of benzene rings is 1. The number of rotatable bonds is 13. The molecule has 0 fully saturated rings. The van der Waals surface area contributed by atoms with Crippen molar-refractivity contribution in [3.8, 4) is 11.8 Å². The van der Waals surface area contributed by atoms with Gasteiger partial charge in [-0.1, -0.05) is 74.7 Å². The first-order valence-corrected chi connectivity index (χ1v) is 14.7. The molecule has 0 aliphatic carbocycles. The first-order valence-electron chi connectivity index (χ1n) is 11.8. The maximum atomic E-state index is 10.4. The summed E-state index contributed by atoms with van der Waals surface area (Å²) in [5.41, 5.74) is 2.44. The molecule has 0 spiro atoms. The van der Waals surface area contributed by atoms with Gasteiger partial charge >= 0.3 is 0 Å². The van der Waals surface area contributed by atoms with Crippen molar-refractivity contribution in [3.63, 3.8) is 0 Å². The zero-order valence-corrected chi connectivity index (χ0v) is 22.1. The molecule has 3 nitrogen and oxygen atoms in total. The van der Waals surface area contributed by atoms with Crippen LogP contribution in [0.3, 0.4) is 0 Å². The smallest absolute Gasteiger partial charge is 0.191 e. The van der Waals surface area contributed by atoms with Gasteiger partial charge in [-0.05, 0) is 49.9 Å². The van der Waals surface area contributed by atoms with Crippen LogP contribution in [-0.4, -0.2) is 32.7 Å². The highest BCUT2D eigenvalue weighted by molar-refractivity contribution is 6.74. The Morgan fingerprint density at radius 2 is 1.91 bits per heavy atom. The summed E-state index contributed by atoms with van der Waals surface area (Å²) >= 11 is 0. The molecule has 178 valence electrons. The number of hydrogen-bond acceptors (Lipinski definition) is 3. The normalized spacial score (nSPS) is 14.4. The quantitative estimate of drug-likeness (QED) is 0.152. The molecule has 1 rings (SSSR count). The summed E-state index contributed by atoms with van der Waals surface area (Å²) in [5, 5.41) is 10.7. The molecule has 0 saturated carbocycles. The van der Waals surface area contributed by atoms with Crippen LogP contribution in [0.5, 0.6) is 0 Å². The van der Waals surface area contributed by atoms with E-state index in [0.717, 1.165) is 32.3 Å². The fourth-order valence-corrected chi connectivity index (χ4v) is 3.93. The average Bonchev–Trinajstić information content (AvgIpc) is 2.74. The van der Waals surface area contributed by atoms with E-state index in [1.807, 2.05) is 24.3 Å². The topological polar surface area (TPSA) is 38.7 Å². The molecule has 0 aliphatic rings. The molecule has 2 atom stereocenters. The van der Waals surface area contributed by atoms with E-state index in [1.165, 1.54) is 11.1 Å². The molecule has 0 unspecified atom stereocenters. The number of unbranched alkanes of at least 4 members (excludes halogenated alkanes) is 1. The molecule has 1 aromatic rings. The van der Waals surface area contributed by atoms with Crippen LogP contribution in [0.4, 0.5) is 0 Å². The lowest BCUT2D eigenvalue weighted by Crippen LogP contribution is -2.40. The molecule has 1 N–H and O–H groups in total. The van der Waals surface area contributed by atoms with E-state index in [0.29, 0.717) is 13.2 Å². The van der Waals surface area contributed by atoms with E-state index >= 15 is 0 Å². The Morgan fingerprint density at radius 3 is 2.53 bits per heavy atom. The summed E-state index contributed by atoms with van der Waals surface area (Å²) in [4.78, 5) is 0. The van der Waals surface area contributed by atoms with Crippen molar-refractivity contribution in [2.24, 2.45) is 5.92 Å². The zero-order chi connectivity index (χ0) is 24.0. The largest absolute Gasteiger partial charge is 0.417 e. The lowest BCUT2D eigenvalue weighted by Gasteiger charge is -2.36. The minimum absolute atomic E-state index is 0.0282. The Balaban J connectivity index is 2.30. The average molecular weight is 457 g/mol. The molecule has 0 amide bonds. The van der Waals surface area contributed by atoms with Gasteiger partial charge in [0.05, 0.1) is 13.2 Å². The van der Waals surface area contributed by atoms with Gasteiger partial charge in [0.25, 0.3) is 0 Å². The second-order valence-electron chi connectivity index (χ2n) is 9.97. The minimum atomic E-state index is -1.69. The highest BCUT2D eigenvalue weighted by Crippen LogP contribution is 2.36. The van der Waals surface area contributed by atoms with E-state index in [1.54, 1.807) is 0 Å². The Kier molecular flexibility index (Phi) is 12.9. The molecular weight excluding hydrogens is 412 g/mol. The van der Waals surface area contributed by atoms with E-state index in [9.17, 15) is 5.11 Å². The predicted molar refractivity (Wildman–Crippen MR) is 139 cm³/mol. The van der Waals surface area contributed by atoms with Crippen LogP contribution in [0.2, 0.25) is 18.1 Å². The molecule has 0 saturated heterocycles. The Morgan fingerprint density at radius 1 is 1.22 bits per heavy atom. The predicted octanol–water partition coefficient (Wildman–Crippen LogP) is 6.90. The molecule has 32 heavy (non-hydrogen) atoms. The lowest BCUT2D eigenvalue weighted by atomic mass is 9.94. The molecule has 0 aromatic heterocycles. The van der Waals surface area contributed by atoms with Crippen LogP contribution in [0.25, 0.3) is 0 Å². The zero-order valence-electron chi connectivity index (χ0n) is 21.1. The first-order chi connectivity index (χ1) is 15.1. The highest BCUT2D eigenvalue weighted by atomic mass is 28.4. The van der Waals surface area contributed by atoms with Crippen LogP contribution < -0.4 is 0 Å². The van der Waals surface area contributed by atoms with Crippen LogP contribution in [0.15, 0.2) is 54.6 Å². The third-order valence-electron chi connectivity index (χ3n) is 6.21. The van der Waals surface area contributed by atoms with Gasteiger partial charge in [-0.15, -0.1) is 12.5 Å². The van der Waals surface area contributed by atoms with Gasteiger partial charge in [0.15, 0.2) is 8.32 Å². The minimum Gasteiger partial charge on any atom is -0.417 e. The van der Waals surface area contributed by atoms with Crippen molar-refractivity contribution in [1.82, 2.24) is 0 Å². The molecule has 0 bridgehead atoms. The van der Waals surface area contributed by atoms with Crippen LogP contribution in [0, 0.1) is 17.8 Å². The van der Waals surface area contributed by atoms with Crippen molar-refractivity contribution < 1.29 is 14.3 Å². The van der Waals surface area contributed by atoms with Gasteiger partial charge in [0.1, 0.15) is 6.10 Å². The number of hydrogen-bond donors (Lipinski definition) is 1. The van der Waals surface area contributed by atoms with Gasteiger partial charge in [-0.2, -0.15) is 0 Å². The molecule has 4 heteroatoms. The van der Waals surface area contributed by atoms with Crippen LogP contribution >= 0.6 is 0 Å². The monoisotopic (exact) mass is 456 g/mol. The summed E-state index contributed by atoms with van der Waals surface area (Å²) in [7, 11) is -1.69. The van der Waals surface area contributed by atoms with Crippen LogP contribution in [0.1, 0.15) is 58.9 Å². The van der Waals surface area contributed by atoms with Crippen LogP contribution in [-0.2, 0) is 15.8 Å². The molecular formula is C28H44O3Si. The van der Waals surface area contributed by atoms with E-state index in [-0.39, 0.29) is 11.0 Å². The second-order valence-corrected chi connectivity index (χ2v) is 14.8. The fraction of sp³-hybridized carbons (Fsp3) is 0.571. The summed E-state index contributed by atoms with van der Waals surface area (Å²) < 4.78 is 11.9. The van der Waals surface area contributed by atoms with Crippen molar-refractivity contribution in [2.75, 3.05) is 13.2 Å². The highest BCUT2D eigenvalue weighted by Gasteiger charge is 2.36. The SMILES string of the molecule is C=C[C@@H](CC/C(C)=C/COCc1ccccc1)[C@H](O)C#CCCCO[Si](C)(C)C(C)(C)C. The van der Waals surface area contributed by atoms with E-state index < -0.39 is 14.4 Å². The van der Waals surface area contributed by atoms with Gasteiger partial charge < -0.3 is 14.3 Å². The summed E-state index contributed by atoms with van der Waals surface area (Å²) in [6.07, 6.45) is 6.63. The van der Waals surface area contributed by atoms with E-state index in [2.05, 4.69) is 77.4 Å². The maximum Gasteiger partial charge on any atom is 0.191 e. The standard InChI is InChI=1S/C28H44O3Si/c1-8-26(19-18-24(2)20-22-30-23-25-15-11-9-12-16-25)27(29)17-13-10-14-21-31-32(6,7)28(3,4)5/h8-9,11-12,15-16,20,26-27,29H,1,10,14,18-19,21-23H2,2-7H3/b24-20+/t26-,27+/m0/s1. The van der Waals surface area contributed by atoms with Crippen molar-refractivity contribution in [2.45, 2.75) is 84.2 Å². The number of aliphatic hydroxyl groups is 1. The first kappa shape index (κ1) is 28.4. The Bertz CT molecular complexity index is 750. The van der Waals surface area contributed by atoms with Gasteiger partial charge in [-0.25, -0.2) is 0 Å². The van der Waals surface area contributed by atoms with Crippen molar-refractivity contribution >= 4 is 8.32 Å². The fourth-order valence-electron chi connectivity index (χ4n) is 2.84. The van der Waals surface area contributed by atoms with Gasteiger partial charge in [0.2, 0.25) is 0 Å². The molecule has 0 radical (unpaired) electrons. The Hall–Kier alpha value is -1.64.